The van der Waals surface area contributed by atoms with Crippen LogP contribution in [0.15, 0.2) is 52.0 Å². The molecule has 1 aromatic carbocycles. The number of hydrazone groups is 1. The van der Waals surface area contributed by atoms with E-state index in [1.165, 1.54) is 0 Å². The molecule has 0 saturated carbocycles. The van der Waals surface area contributed by atoms with Crippen molar-refractivity contribution in [3.63, 3.8) is 0 Å². The highest BCUT2D eigenvalue weighted by Gasteiger charge is 2.09. The van der Waals surface area contributed by atoms with Gasteiger partial charge in [0.25, 0.3) is 6.19 Å². The van der Waals surface area contributed by atoms with Crippen LogP contribution < -0.4 is 10.6 Å². The van der Waals surface area contributed by atoms with E-state index in [0.29, 0.717) is 12.5 Å². The summed E-state index contributed by atoms with van der Waals surface area (Å²) >= 11 is 1.77. The van der Waals surface area contributed by atoms with Gasteiger partial charge in [0.1, 0.15) is 11.5 Å². The Hall–Kier alpha value is -2.76. The van der Waals surface area contributed by atoms with E-state index in [4.69, 9.17) is 9.68 Å². The van der Waals surface area contributed by atoms with Gasteiger partial charge in [0, 0.05) is 5.75 Å². The Morgan fingerprint density at radius 2 is 2.00 bits per heavy atom. The van der Waals surface area contributed by atoms with Crippen molar-refractivity contribution in [1.82, 2.24) is 15.5 Å². The second kappa shape index (κ2) is 11.8. The van der Waals surface area contributed by atoms with Crippen LogP contribution in [0.25, 0.3) is 0 Å². The molecule has 0 spiro atoms. The van der Waals surface area contributed by atoms with E-state index in [-0.39, 0.29) is 0 Å². The number of furan rings is 1. The maximum absolute atomic E-state index is 8.97. The Morgan fingerprint density at radius 1 is 1.25 bits per heavy atom. The van der Waals surface area contributed by atoms with E-state index >= 15 is 0 Å². The van der Waals surface area contributed by atoms with Gasteiger partial charge >= 0.3 is 5.96 Å². The maximum Gasteiger partial charge on any atom is 0.383 e. The van der Waals surface area contributed by atoms with E-state index in [1.54, 1.807) is 29.7 Å². The third-order valence-corrected chi connectivity index (χ3v) is 4.63. The molecule has 0 atom stereocenters. The van der Waals surface area contributed by atoms with Crippen LogP contribution in [0.3, 0.4) is 0 Å². The third kappa shape index (κ3) is 7.86. The normalized spacial score (nSPS) is 12.1. The highest BCUT2D eigenvalue weighted by atomic mass is 32.2. The molecule has 1 aromatic heterocycles. The van der Waals surface area contributed by atoms with Gasteiger partial charge in [-0.3, -0.25) is 5.32 Å². The zero-order chi connectivity index (χ0) is 20.2. The topological polar surface area (TPSA) is 79.6 Å². The minimum atomic E-state index is 0.543. The summed E-state index contributed by atoms with van der Waals surface area (Å²) in [6, 6.07) is 13.9. The lowest BCUT2D eigenvalue weighted by Gasteiger charge is -2.06. The lowest BCUT2D eigenvalue weighted by Crippen LogP contribution is -2.41. The van der Waals surface area contributed by atoms with Gasteiger partial charge in [0.2, 0.25) is 0 Å². The second-order valence-electron chi connectivity index (χ2n) is 6.35. The summed E-state index contributed by atoms with van der Waals surface area (Å²) in [6.45, 7) is 1.51. The molecule has 2 rings (SSSR count). The number of guanidine groups is 1. The number of benzene rings is 1. The van der Waals surface area contributed by atoms with E-state index in [9.17, 15) is 0 Å². The van der Waals surface area contributed by atoms with Crippen molar-refractivity contribution < 1.29 is 9.10 Å². The van der Waals surface area contributed by atoms with Gasteiger partial charge in [-0.1, -0.05) is 30.3 Å². The number of rotatable bonds is 9. The third-order valence-electron chi connectivity index (χ3n) is 3.65. The molecule has 0 bridgehead atoms. The molecular weight excluding hydrogens is 372 g/mol. The van der Waals surface area contributed by atoms with Gasteiger partial charge in [0.15, 0.2) is 0 Å². The summed E-state index contributed by atoms with van der Waals surface area (Å²) in [5.74, 6) is 4.19. The first-order chi connectivity index (χ1) is 13.6. The maximum atomic E-state index is 8.97. The van der Waals surface area contributed by atoms with E-state index in [0.717, 1.165) is 35.1 Å². The lowest BCUT2D eigenvalue weighted by atomic mass is 10.2. The van der Waals surface area contributed by atoms with Crippen molar-refractivity contribution >= 4 is 23.9 Å². The first kappa shape index (κ1) is 21.5. The van der Waals surface area contributed by atoms with Crippen LogP contribution >= 0.6 is 11.8 Å². The Morgan fingerprint density at radius 3 is 2.71 bits per heavy atom. The number of hydrogen-bond donors (Lipinski definition) is 2. The fourth-order valence-corrected chi connectivity index (χ4v) is 3.10. The SMILES string of the molecule is CN(C)Cc1ccc(CSCCNC(NC#N)=[N+](C)N=Cc2ccccc2)o1. The zero-order valence-electron chi connectivity index (χ0n) is 16.6. The van der Waals surface area contributed by atoms with Gasteiger partial charge in [-0.15, -0.1) is 9.79 Å². The molecule has 28 heavy (non-hydrogen) atoms. The number of thioether (sulfide) groups is 1. The predicted octanol–water partition coefficient (Wildman–Crippen LogP) is 2.27. The minimum absolute atomic E-state index is 0.543. The average Bonchev–Trinajstić information content (AvgIpc) is 3.12. The Bertz CT molecular complexity index is 823. The van der Waals surface area contributed by atoms with Crippen LogP contribution in [0.2, 0.25) is 0 Å². The predicted molar refractivity (Wildman–Crippen MR) is 114 cm³/mol. The van der Waals surface area contributed by atoms with Crippen LogP contribution in [0.4, 0.5) is 0 Å². The molecule has 0 amide bonds. The van der Waals surface area contributed by atoms with Crippen molar-refractivity contribution in [3.8, 4) is 6.19 Å². The molecule has 0 aliphatic heterocycles. The Kier molecular flexibility index (Phi) is 9.11. The molecule has 0 aliphatic rings. The zero-order valence-corrected chi connectivity index (χ0v) is 17.4. The van der Waals surface area contributed by atoms with Crippen LogP contribution in [0.5, 0.6) is 0 Å². The van der Waals surface area contributed by atoms with Crippen molar-refractivity contribution in [2.75, 3.05) is 33.4 Å². The van der Waals surface area contributed by atoms with Crippen molar-refractivity contribution in [2.24, 2.45) is 5.10 Å². The largest absolute Gasteiger partial charge is 0.464 e. The molecule has 2 aromatic rings. The summed E-state index contributed by atoms with van der Waals surface area (Å²) in [4.78, 5) is 2.08. The molecule has 148 valence electrons. The van der Waals surface area contributed by atoms with Crippen LogP contribution in [-0.2, 0) is 12.3 Å². The number of hydrogen-bond acceptors (Lipinski definition) is 5. The lowest BCUT2D eigenvalue weighted by molar-refractivity contribution is -0.505. The van der Waals surface area contributed by atoms with Crippen LogP contribution in [0.1, 0.15) is 17.1 Å². The van der Waals surface area contributed by atoms with Crippen LogP contribution in [0, 0.1) is 11.5 Å². The van der Waals surface area contributed by atoms with Crippen LogP contribution in [-0.4, -0.2) is 55.2 Å². The molecule has 0 radical (unpaired) electrons. The van der Waals surface area contributed by atoms with E-state index in [2.05, 4.69) is 20.6 Å². The van der Waals surface area contributed by atoms with Crippen molar-refractivity contribution in [2.45, 2.75) is 12.3 Å². The molecule has 1 heterocycles. The first-order valence-corrected chi connectivity index (χ1v) is 10.1. The molecule has 7 nitrogen and oxygen atoms in total. The van der Waals surface area contributed by atoms with Gasteiger partial charge in [0.05, 0.1) is 32.1 Å². The molecule has 0 fully saturated rings. The van der Waals surface area contributed by atoms with Gasteiger partial charge in [-0.25, -0.2) is 0 Å². The molecular formula is C20H27N6OS+. The Labute approximate surface area is 170 Å². The highest BCUT2D eigenvalue weighted by Crippen LogP contribution is 2.15. The van der Waals surface area contributed by atoms with Gasteiger partial charge in [-0.05, 0) is 31.8 Å². The van der Waals surface area contributed by atoms with E-state index < -0.39 is 0 Å². The smallest absolute Gasteiger partial charge is 0.383 e. The molecule has 0 saturated heterocycles. The van der Waals surface area contributed by atoms with Crippen molar-refractivity contribution in [1.29, 1.82) is 5.26 Å². The van der Waals surface area contributed by atoms with Gasteiger partial charge in [-0.2, -0.15) is 22.3 Å². The number of nitrogens with zero attached hydrogens (tertiary/aromatic N) is 4. The molecule has 2 N–H and O–H groups in total. The summed E-state index contributed by atoms with van der Waals surface area (Å²) in [7, 11) is 5.83. The second-order valence-corrected chi connectivity index (χ2v) is 7.45. The Balaban J connectivity index is 1.78. The first-order valence-electron chi connectivity index (χ1n) is 8.97. The summed E-state index contributed by atoms with van der Waals surface area (Å²) in [5.41, 5.74) is 0.994. The monoisotopic (exact) mass is 399 g/mol. The van der Waals surface area contributed by atoms with E-state index in [1.807, 2.05) is 62.8 Å². The summed E-state index contributed by atoms with van der Waals surface area (Å²) in [6.07, 6.45) is 3.69. The number of nitrogens with one attached hydrogen (secondary N) is 2. The van der Waals surface area contributed by atoms with Crippen molar-refractivity contribution in [3.05, 3.63) is 59.5 Å². The molecule has 0 aliphatic carbocycles. The van der Waals surface area contributed by atoms with Gasteiger partial charge < -0.3 is 9.32 Å². The minimum Gasteiger partial charge on any atom is -0.464 e. The standard InChI is InChI=1S/C20H26N6OS/c1-25(2)14-18-9-10-19(27-18)15-28-12-11-22-20(23-16-21)26(3)24-13-17-7-5-4-6-8-17/h4-10,13H,11-12,14-15H2,1-3H3,(H,22,23)/p+1. The fourth-order valence-electron chi connectivity index (χ4n) is 2.35. The molecule has 0 unspecified atom stereocenters. The highest BCUT2D eigenvalue weighted by molar-refractivity contribution is 7.98. The summed E-state index contributed by atoms with van der Waals surface area (Å²) < 4.78 is 7.41. The average molecular weight is 400 g/mol. The summed E-state index contributed by atoms with van der Waals surface area (Å²) in [5, 5.41) is 19.2. The molecule has 8 heteroatoms. The fraction of sp³-hybridized carbons (Fsp3) is 0.350. The number of nitriles is 1. The quantitative estimate of drug-likeness (QED) is 0.128.